The SMILES string of the molecule is Cc1nn2c(N3CCN(CCO)CC3)cc(-c3ccccc3)nc2c1-c1cccc(CCCN2CCN(C(=O)CNc3ccc4c(N5CCC(=O)NC5=O)nn(C)c4c3)CC2)c1. The summed E-state index contributed by atoms with van der Waals surface area (Å²) >= 11 is 0. The second kappa shape index (κ2) is 17.9. The zero-order chi connectivity index (χ0) is 42.7. The van der Waals surface area contributed by atoms with E-state index in [4.69, 9.17) is 10.1 Å². The Labute approximate surface area is 360 Å². The van der Waals surface area contributed by atoms with E-state index >= 15 is 0 Å². The van der Waals surface area contributed by atoms with Gasteiger partial charge in [-0.25, -0.2) is 9.78 Å². The molecule has 3 fully saturated rings. The summed E-state index contributed by atoms with van der Waals surface area (Å²) in [5.74, 6) is 1.31. The van der Waals surface area contributed by atoms with E-state index in [0.717, 1.165) is 115 Å². The second-order valence-corrected chi connectivity index (χ2v) is 16.4. The average molecular weight is 839 g/mol. The first-order chi connectivity index (χ1) is 30.2. The van der Waals surface area contributed by atoms with Crippen LogP contribution >= 0.6 is 0 Å². The minimum absolute atomic E-state index is 0.0583. The third kappa shape index (κ3) is 8.58. The zero-order valence-electron chi connectivity index (χ0n) is 35.5. The summed E-state index contributed by atoms with van der Waals surface area (Å²) in [7, 11) is 1.81. The minimum Gasteiger partial charge on any atom is -0.395 e. The topological polar surface area (TPSA) is 160 Å². The van der Waals surface area contributed by atoms with E-state index in [-0.39, 0.29) is 37.9 Å². The minimum atomic E-state index is -0.470. The molecule has 0 radical (unpaired) electrons. The molecule has 9 rings (SSSR count). The van der Waals surface area contributed by atoms with Gasteiger partial charge in [0.1, 0.15) is 5.82 Å². The number of hydrogen-bond donors (Lipinski definition) is 3. The number of piperazine rings is 2. The fraction of sp³-hybridized carbons (Fsp3) is 0.391. The van der Waals surface area contributed by atoms with Gasteiger partial charge in [-0.15, -0.1) is 0 Å². The number of imide groups is 1. The number of carbonyl (C=O) groups is 3. The molecule has 4 amide bonds. The van der Waals surface area contributed by atoms with Crippen LogP contribution in [0.25, 0.3) is 38.9 Å². The van der Waals surface area contributed by atoms with Crippen molar-refractivity contribution in [3.8, 4) is 22.4 Å². The molecule has 0 bridgehead atoms. The number of benzene rings is 3. The molecule has 322 valence electrons. The lowest BCUT2D eigenvalue weighted by atomic mass is 10.0. The molecule has 0 spiro atoms. The van der Waals surface area contributed by atoms with Crippen LogP contribution in [0.5, 0.6) is 0 Å². The molecule has 0 saturated carbocycles. The number of β-amino-alcohol motifs (C(OH)–C–C–N with tert-alkyl or cyclic N) is 1. The fourth-order valence-electron chi connectivity index (χ4n) is 8.98. The highest BCUT2D eigenvalue weighted by Crippen LogP contribution is 2.34. The second-order valence-electron chi connectivity index (χ2n) is 16.4. The number of rotatable bonds is 13. The Morgan fingerprint density at radius 1 is 0.823 bits per heavy atom. The molecule has 16 heteroatoms. The van der Waals surface area contributed by atoms with Crippen molar-refractivity contribution in [2.45, 2.75) is 26.2 Å². The highest BCUT2D eigenvalue weighted by atomic mass is 16.3. The quantitative estimate of drug-likeness (QED) is 0.154. The predicted molar refractivity (Wildman–Crippen MR) is 240 cm³/mol. The monoisotopic (exact) mass is 838 g/mol. The number of amides is 4. The van der Waals surface area contributed by atoms with Gasteiger partial charge in [0.2, 0.25) is 11.8 Å². The van der Waals surface area contributed by atoms with Gasteiger partial charge in [-0.3, -0.25) is 34.3 Å². The lowest BCUT2D eigenvalue weighted by Crippen LogP contribution is -2.50. The van der Waals surface area contributed by atoms with Crippen molar-refractivity contribution in [3.05, 3.63) is 90.1 Å². The molecule has 0 atom stereocenters. The van der Waals surface area contributed by atoms with Gasteiger partial charge in [-0.2, -0.15) is 14.7 Å². The van der Waals surface area contributed by atoms with Crippen molar-refractivity contribution in [3.63, 3.8) is 0 Å². The molecule has 6 aromatic rings. The van der Waals surface area contributed by atoms with Crippen LogP contribution < -0.4 is 20.4 Å². The van der Waals surface area contributed by atoms with Crippen molar-refractivity contribution in [2.24, 2.45) is 7.05 Å². The van der Waals surface area contributed by atoms with E-state index in [9.17, 15) is 19.5 Å². The van der Waals surface area contributed by atoms with Gasteiger partial charge in [0.05, 0.1) is 30.1 Å². The third-order valence-electron chi connectivity index (χ3n) is 12.4. The normalized spacial score (nSPS) is 16.7. The van der Waals surface area contributed by atoms with Crippen molar-refractivity contribution < 1.29 is 19.5 Å². The number of nitrogens with one attached hydrogen (secondary N) is 2. The Balaban J connectivity index is 0.801. The molecular formula is C46H54N12O4. The number of fused-ring (bicyclic) bond motifs is 2. The van der Waals surface area contributed by atoms with Gasteiger partial charge in [0, 0.05) is 107 Å². The Kier molecular flexibility index (Phi) is 11.9. The van der Waals surface area contributed by atoms with Gasteiger partial charge < -0.3 is 20.2 Å². The van der Waals surface area contributed by atoms with Gasteiger partial charge in [0.15, 0.2) is 11.5 Å². The Hall–Kier alpha value is -6.36. The highest BCUT2D eigenvalue weighted by molar-refractivity contribution is 6.09. The van der Waals surface area contributed by atoms with Crippen LogP contribution in [0.1, 0.15) is 24.1 Å². The maximum absolute atomic E-state index is 13.3. The van der Waals surface area contributed by atoms with Crippen molar-refractivity contribution in [1.29, 1.82) is 0 Å². The largest absolute Gasteiger partial charge is 0.395 e. The summed E-state index contributed by atoms with van der Waals surface area (Å²) in [5.41, 5.74) is 8.83. The highest BCUT2D eigenvalue weighted by Gasteiger charge is 2.29. The van der Waals surface area contributed by atoms with E-state index in [0.29, 0.717) is 25.5 Å². The first-order valence-corrected chi connectivity index (χ1v) is 21.7. The van der Waals surface area contributed by atoms with Crippen LogP contribution in [0.3, 0.4) is 0 Å². The molecule has 3 aliphatic rings. The van der Waals surface area contributed by atoms with Crippen LogP contribution in [0, 0.1) is 6.92 Å². The average Bonchev–Trinajstić information content (AvgIpc) is 3.81. The number of aliphatic hydroxyl groups excluding tert-OH is 1. The van der Waals surface area contributed by atoms with Crippen molar-refractivity contribution >= 4 is 51.7 Å². The molecule has 3 aromatic carbocycles. The number of urea groups is 1. The van der Waals surface area contributed by atoms with Crippen LogP contribution in [-0.2, 0) is 23.1 Å². The summed E-state index contributed by atoms with van der Waals surface area (Å²) in [4.78, 5) is 53.2. The van der Waals surface area contributed by atoms with E-state index in [1.807, 2.05) is 52.9 Å². The van der Waals surface area contributed by atoms with Crippen LogP contribution in [0.2, 0.25) is 0 Å². The maximum Gasteiger partial charge on any atom is 0.329 e. The van der Waals surface area contributed by atoms with Gasteiger partial charge in [0.25, 0.3) is 0 Å². The maximum atomic E-state index is 13.3. The predicted octanol–water partition coefficient (Wildman–Crippen LogP) is 4.01. The number of anilines is 3. The zero-order valence-corrected chi connectivity index (χ0v) is 35.5. The summed E-state index contributed by atoms with van der Waals surface area (Å²) in [6, 6.07) is 26.5. The third-order valence-corrected chi connectivity index (χ3v) is 12.4. The van der Waals surface area contributed by atoms with Gasteiger partial charge >= 0.3 is 6.03 Å². The summed E-state index contributed by atoms with van der Waals surface area (Å²) in [6.45, 7) is 10.9. The summed E-state index contributed by atoms with van der Waals surface area (Å²) in [5, 5.41) is 25.6. The number of aromatic nitrogens is 5. The number of carbonyl (C=O) groups excluding carboxylic acids is 3. The van der Waals surface area contributed by atoms with E-state index in [1.165, 1.54) is 10.5 Å². The first kappa shape index (κ1) is 41.0. The van der Waals surface area contributed by atoms with Gasteiger partial charge in [-0.05, 0) is 55.6 Å². The molecule has 16 nitrogen and oxygen atoms in total. The lowest BCUT2D eigenvalue weighted by Gasteiger charge is -2.35. The van der Waals surface area contributed by atoms with E-state index in [1.54, 1.807) is 4.68 Å². The Bertz CT molecular complexity index is 2590. The summed E-state index contributed by atoms with van der Waals surface area (Å²) < 4.78 is 3.73. The van der Waals surface area contributed by atoms with Crippen molar-refractivity contribution in [1.82, 2.24) is 44.4 Å². The Morgan fingerprint density at radius 2 is 1.58 bits per heavy atom. The number of aliphatic hydroxyl groups is 1. The first-order valence-electron chi connectivity index (χ1n) is 21.7. The molecule has 0 aliphatic carbocycles. The Morgan fingerprint density at radius 3 is 2.35 bits per heavy atom. The van der Waals surface area contributed by atoms with Crippen LogP contribution in [-0.4, -0.2) is 147 Å². The van der Waals surface area contributed by atoms with Crippen LogP contribution in [0.15, 0.2) is 78.9 Å². The molecule has 3 N–H and O–H groups in total. The standard InChI is InChI=1S/C46H54N12O4/c1-32-43(45-48-38(34-10-4-3-5-11-34)30-41(58(45)50-32)55-22-18-54(19-23-55)26-27-59)35-12-6-8-33(28-35)9-7-16-53-20-24-56(25-21-53)42(61)31-47-36-13-14-37-39(29-36)52(2)51-44(37)57-17-15-40(60)49-46(57)62/h3-6,8,10-14,28-30,47,59H,7,9,15-27,31H2,1-2H3,(H,49,60,62). The smallest absolute Gasteiger partial charge is 0.329 e. The molecule has 3 aromatic heterocycles. The number of nitrogens with zero attached hydrogens (tertiary/aromatic N) is 10. The molecule has 6 heterocycles. The van der Waals surface area contributed by atoms with E-state index < -0.39 is 6.03 Å². The molecule has 62 heavy (non-hydrogen) atoms. The van der Waals surface area contributed by atoms with Crippen LogP contribution in [0.4, 0.5) is 22.1 Å². The van der Waals surface area contributed by atoms with Gasteiger partial charge in [-0.1, -0.05) is 54.6 Å². The fourth-order valence-corrected chi connectivity index (χ4v) is 8.98. The molecule has 3 saturated heterocycles. The molecule has 3 aliphatic heterocycles. The number of aryl methyl sites for hydroxylation is 3. The summed E-state index contributed by atoms with van der Waals surface area (Å²) in [6.07, 6.45) is 2.17. The number of hydrogen-bond acceptors (Lipinski definition) is 11. The lowest BCUT2D eigenvalue weighted by molar-refractivity contribution is -0.131. The van der Waals surface area contributed by atoms with Crippen molar-refractivity contribution in [2.75, 3.05) is 100 Å². The van der Waals surface area contributed by atoms with E-state index in [2.05, 4.69) is 79.8 Å². The molecular weight excluding hydrogens is 785 g/mol. The molecule has 0 unspecified atom stereocenters.